The number of hydrogen-bond acceptors (Lipinski definition) is 7. The molecule has 2 heterocycles. The van der Waals surface area contributed by atoms with Gasteiger partial charge in [0.1, 0.15) is 28.6 Å². The summed E-state index contributed by atoms with van der Waals surface area (Å²) in [7, 11) is 1.57. The lowest BCUT2D eigenvalue weighted by atomic mass is 10.2. The first-order valence-electron chi connectivity index (χ1n) is 10.4. The Balaban J connectivity index is 1.51. The van der Waals surface area contributed by atoms with Gasteiger partial charge in [-0.2, -0.15) is 0 Å². The molecule has 1 atom stereocenters. The lowest BCUT2D eigenvalue weighted by Crippen LogP contribution is -2.40. The quantitative estimate of drug-likeness (QED) is 0.603. The Morgan fingerprint density at radius 1 is 1.16 bits per heavy atom. The summed E-state index contributed by atoms with van der Waals surface area (Å²) < 4.78 is 22.3. The predicted molar refractivity (Wildman–Crippen MR) is 118 cm³/mol. The van der Waals surface area contributed by atoms with Gasteiger partial charge >= 0.3 is 0 Å². The third-order valence-electron chi connectivity index (χ3n) is 5.54. The number of hydrogen-bond donors (Lipinski definition) is 1. The van der Waals surface area contributed by atoms with Gasteiger partial charge in [0, 0.05) is 12.6 Å². The fourth-order valence-corrected chi connectivity index (χ4v) is 3.82. The van der Waals surface area contributed by atoms with Crippen LogP contribution in [0.5, 0.6) is 23.0 Å². The number of aliphatic hydroxyl groups excluding tert-OH is 1. The molecule has 0 aliphatic carbocycles. The molecule has 2 aromatic carbocycles. The van der Waals surface area contributed by atoms with Crippen LogP contribution in [0.4, 0.5) is 0 Å². The van der Waals surface area contributed by atoms with Gasteiger partial charge in [-0.25, -0.2) is 0 Å². The second kappa shape index (κ2) is 9.32. The van der Waals surface area contributed by atoms with Gasteiger partial charge in [0.25, 0.3) is 5.91 Å². The molecule has 1 N–H and O–H groups in total. The van der Waals surface area contributed by atoms with Crippen LogP contribution in [0.25, 0.3) is 11.0 Å². The highest BCUT2D eigenvalue weighted by Crippen LogP contribution is 2.28. The zero-order chi connectivity index (χ0) is 22.7. The molecular formula is C24H25NO7. The van der Waals surface area contributed by atoms with Gasteiger partial charge in [0.2, 0.25) is 11.2 Å². The Hall–Kier alpha value is -3.52. The summed E-state index contributed by atoms with van der Waals surface area (Å²) in [5.74, 6) is 1.84. The summed E-state index contributed by atoms with van der Waals surface area (Å²) in [6, 6.07) is 11.5. The number of ether oxygens (including phenoxy) is 3. The molecule has 168 valence electrons. The van der Waals surface area contributed by atoms with E-state index >= 15 is 0 Å². The van der Waals surface area contributed by atoms with Crippen molar-refractivity contribution in [3.63, 3.8) is 0 Å². The van der Waals surface area contributed by atoms with Crippen molar-refractivity contribution in [2.45, 2.75) is 25.8 Å². The van der Waals surface area contributed by atoms with Crippen LogP contribution < -0.4 is 19.6 Å². The number of amides is 1. The van der Waals surface area contributed by atoms with Crippen LogP contribution in [0.15, 0.2) is 51.7 Å². The maximum absolute atomic E-state index is 13.0. The topological polar surface area (TPSA) is 98.4 Å². The third kappa shape index (κ3) is 4.40. The summed E-state index contributed by atoms with van der Waals surface area (Å²) in [6.45, 7) is 2.08. The van der Waals surface area contributed by atoms with Crippen molar-refractivity contribution in [2.75, 3.05) is 26.9 Å². The Morgan fingerprint density at radius 3 is 2.59 bits per heavy atom. The number of methoxy groups -OCH3 is 1. The Kier molecular flexibility index (Phi) is 6.32. The number of nitrogens with zero attached hydrogens (tertiary/aromatic N) is 1. The number of aryl methyl sites for hydroxylation is 1. The number of aliphatic hydroxyl groups is 1. The van der Waals surface area contributed by atoms with Gasteiger partial charge in [-0.3, -0.25) is 9.59 Å². The van der Waals surface area contributed by atoms with Gasteiger partial charge in [0.05, 0.1) is 25.1 Å². The Labute approximate surface area is 184 Å². The van der Waals surface area contributed by atoms with E-state index in [1.54, 1.807) is 61.4 Å². The number of benzene rings is 2. The van der Waals surface area contributed by atoms with Crippen LogP contribution in [0.2, 0.25) is 0 Å². The van der Waals surface area contributed by atoms with Crippen molar-refractivity contribution in [2.24, 2.45) is 0 Å². The van der Waals surface area contributed by atoms with Crippen molar-refractivity contribution >= 4 is 16.9 Å². The number of likely N-dealkylation sites (tertiary alicyclic amines) is 1. The summed E-state index contributed by atoms with van der Waals surface area (Å²) >= 11 is 0. The molecule has 4 rings (SSSR count). The van der Waals surface area contributed by atoms with Crippen molar-refractivity contribution in [1.82, 2.24) is 4.90 Å². The van der Waals surface area contributed by atoms with Crippen LogP contribution >= 0.6 is 0 Å². The monoisotopic (exact) mass is 439 g/mol. The molecule has 0 radical (unpaired) electrons. The van der Waals surface area contributed by atoms with E-state index in [1.807, 2.05) is 0 Å². The molecule has 1 fully saturated rings. The third-order valence-corrected chi connectivity index (χ3v) is 5.54. The highest BCUT2D eigenvalue weighted by atomic mass is 16.5. The standard InChI is InChI=1S/C24H25NO7/c1-15-24(32-18-7-5-17(29-2)6-8-18)23(28)20-10-9-19(12-21(20)31-15)30-14-22(27)25-11-3-4-16(25)13-26/h5-10,12,16,26H,3-4,11,13-14H2,1-2H3/t16-/m1/s1. The Morgan fingerprint density at radius 2 is 1.88 bits per heavy atom. The number of carbonyl (C=O) groups excluding carboxylic acids is 1. The summed E-state index contributed by atoms with van der Waals surface area (Å²) in [6.07, 6.45) is 1.67. The average molecular weight is 439 g/mol. The van der Waals surface area contributed by atoms with Crippen LogP contribution in [0.1, 0.15) is 18.6 Å². The summed E-state index contributed by atoms with van der Waals surface area (Å²) in [5, 5.41) is 9.73. The summed E-state index contributed by atoms with van der Waals surface area (Å²) in [4.78, 5) is 27.0. The summed E-state index contributed by atoms with van der Waals surface area (Å²) in [5.41, 5.74) is 0.0407. The minimum atomic E-state index is -0.301. The molecule has 1 aromatic heterocycles. The number of fused-ring (bicyclic) bond motifs is 1. The molecule has 8 nitrogen and oxygen atoms in total. The molecule has 8 heteroatoms. The molecule has 1 saturated heterocycles. The SMILES string of the molecule is COc1ccc(Oc2c(C)oc3cc(OCC(=O)N4CCC[C@@H]4CO)ccc3c2=O)cc1. The number of carbonyl (C=O) groups is 1. The predicted octanol–water partition coefficient (Wildman–Crippen LogP) is 3.26. The van der Waals surface area contributed by atoms with Gasteiger partial charge < -0.3 is 28.6 Å². The normalized spacial score (nSPS) is 15.7. The van der Waals surface area contributed by atoms with Crippen molar-refractivity contribution in [3.05, 3.63) is 58.4 Å². The molecule has 1 aliphatic rings. The van der Waals surface area contributed by atoms with Crippen LogP contribution in [0, 0.1) is 6.92 Å². The molecule has 0 spiro atoms. The number of rotatable bonds is 7. The highest BCUT2D eigenvalue weighted by Gasteiger charge is 2.28. The molecule has 0 unspecified atom stereocenters. The first-order chi connectivity index (χ1) is 15.5. The molecule has 32 heavy (non-hydrogen) atoms. The molecule has 3 aromatic rings. The van der Waals surface area contributed by atoms with E-state index in [1.165, 1.54) is 0 Å². The first kappa shape index (κ1) is 21.7. The lowest BCUT2D eigenvalue weighted by Gasteiger charge is -2.22. The lowest BCUT2D eigenvalue weighted by molar-refractivity contribution is -0.134. The van der Waals surface area contributed by atoms with Crippen LogP contribution in [-0.4, -0.2) is 48.8 Å². The van der Waals surface area contributed by atoms with Gasteiger partial charge in [0.15, 0.2) is 6.61 Å². The average Bonchev–Trinajstić information content (AvgIpc) is 3.29. The van der Waals surface area contributed by atoms with E-state index in [4.69, 9.17) is 18.6 Å². The highest BCUT2D eigenvalue weighted by molar-refractivity contribution is 5.81. The van der Waals surface area contributed by atoms with E-state index in [-0.39, 0.29) is 36.3 Å². The van der Waals surface area contributed by atoms with Crippen LogP contribution in [0.3, 0.4) is 0 Å². The Bertz CT molecular complexity index is 1170. The molecular weight excluding hydrogens is 414 g/mol. The minimum Gasteiger partial charge on any atom is -0.497 e. The van der Waals surface area contributed by atoms with E-state index in [9.17, 15) is 14.7 Å². The van der Waals surface area contributed by atoms with Gasteiger partial charge in [-0.1, -0.05) is 0 Å². The van der Waals surface area contributed by atoms with E-state index in [0.29, 0.717) is 40.5 Å². The maximum atomic E-state index is 13.0. The zero-order valence-corrected chi connectivity index (χ0v) is 18.0. The second-order valence-electron chi connectivity index (χ2n) is 7.61. The smallest absolute Gasteiger partial charge is 0.260 e. The van der Waals surface area contributed by atoms with Gasteiger partial charge in [-0.15, -0.1) is 0 Å². The fourth-order valence-electron chi connectivity index (χ4n) is 3.82. The second-order valence-corrected chi connectivity index (χ2v) is 7.61. The van der Waals surface area contributed by atoms with Crippen molar-refractivity contribution in [3.8, 4) is 23.0 Å². The fraction of sp³-hybridized carbons (Fsp3) is 0.333. The van der Waals surface area contributed by atoms with Crippen LogP contribution in [-0.2, 0) is 4.79 Å². The maximum Gasteiger partial charge on any atom is 0.260 e. The minimum absolute atomic E-state index is 0.0485. The molecule has 0 bridgehead atoms. The van der Waals surface area contributed by atoms with E-state index < -0.39 is 0 Å². The first-order valence-corrected chi connectivity index (χ1v) is 10.4. The van der Waals surface area contributed by atoms with E-state index in [2.05, 4.69) is 0 Å². The molecule has 1 aliphatic heterocycles. The molecule has 1 amide bonds. The van der Waals surface area contributed by atoms with E-state index in [0.717, 1.165) is 12.8 Å². The van der Waals surface area contributed by atoms with Crippen molar-refractivity contribution < 1.29 is 28.5 Å². The molecule has 0 saturated carbocycles. The van der Waals surface area contributed by atoms with Crippen molar-refractivity contribution in [1.29, 1.82) is 0 Å². The van der Waals surface area contributed by atoms with Gasteiger partial charge in [-0.05, 0) is 56.2 Å². The largest absolute Gasteiger partial charge is 0.497 e. The zero-order valence-electron chi connectivity index (χ0n) is 18.0.